The fraction of sp³-hybridized carbons (Fsp3) is 0.324. The summed E-state index contributed by atoms with van der Waals surface area (Å²) in [6.07, 6.45) is -7.13. The highest BCUT2D eigenvalue weighted by atomic mass is 19.4. The molecule has 1 saturated heterocycles. The number of methoxy groups -OCH3 is 2. The minimum Gasteiger partial charge on any atom is -0.497 e. The Hall–Kier alpha value is -4.92. The Bertz CT molecular complexity index is 1800. The number of benzene rings is 3. The van der Waals surface area contributed by atoms with Crippen molar-refractivity contribution >= 4 is 5.91 Å². The molecule has 5 rings (SSSR count). The van der Waals surface area contributed by atoms with Gasteiger partial charge in [0.15, 0.2) is 5.72 Å². The van der Waals surface area contributed by atoms with Gasteiger partial charge in [-0.3, -0.25) is 19.1 Å². The van der Waals surface area contributed by atoms with E-state index in [2.05, 4.69) is 4.98 Å². The van der Waals surface area contributed by atoms with Crippen molar-refractivity contribution in [3.05, 3.63) is 128 Å². The second-order valence-corrected chi connectivity index (χ2v) is 11.3. The molecule has 0 radical (unpaired) electrons. The SMILES string of the molecule is COc1ccc(C(OC[C@H]2O[C@@](CNC(=O)C(F)(F)F)(n3cc(C)c(=O)[nH]c3=O)CC2O)(c2ccccc2)c2ccc(OC)cc2)cc1. The highest BCUT2D eigenvalue weighted by molar-refractivity contribution is 5.81. The molecule has 0 aliphatic carbocycles. The average molecular weight is 670 g/mol. The molecule has 14 heteroatoms. The normalized spacial score (nSPS) is 19.6. The van der Waals surface area contributed by atoms with Gasteiger partial charge in [0.25, 0.3) is 5.56 Å². The smallest absolute Gasteiger partial charge is 0.471 e. The average Bonchev–Trinajstić information content (AvgIpc) is 3.41. The summed E-state index contributed by atoms with van der Waals surface area (Å²) in [7, 11) is 3.08. The Morgan fingerprint density at radius 3 is 2.02 bits per heavy atom. The molecular weight excluding hydrogens is 635 g/mol. The lowest BCUT2D eigenvalue weighted by atomic mass is 9.80. The highest BCUT2D eigenvalue weighted by Gasteiger charge is 2.51. The molecule has 3 N–H and O–H groups in total. The maximum absolute atomic E-state index is 13.2. The fourth-order valence-corrected chi connectivity index (χ4v) is 5.84. The van der Waals surface area contributed by atoms with Crippen molar-refractivity contribution in [2.75, 3.05) is 27.4 Å². The van der Waals surface area contributed by atoms with Crippen molar-refractivity contribution in [2.24, 2.45) is 0 Å². The number of carbonyl (C=O) groups is 1. The van der Waals surface area contributed by atoms with Crippen molar-refractivity contribution in [3.63, 3.8) is 0 Å². The zero-order valence-electron chi connectivity index (χ0n) is 26.2. The summed E-state index contributed by atoms with van der Waals surface area (Å²) in [5, 5.41) is 13.1. The second-order valence-electron chi connectivity index (χ2n) is 11.3. The van der Waals surface area contributed by atoms with Crippen molar-refractivity contribution in [1.29, 1.82) is 0 Å². The van der Waals surface area contributed by atoms with Crippen LogP contribution >= 0.6 is 0 Å². The number of aryl methyl sites for hydroxylation is 1. The lowest BCUT2D eigenvalue weighted by Gasteiger charge is -2.37. The summed E-state index contributed by atoms with van der Waals surface area (Å²) in [4.78, 5) is 39.0. The van der Waals surface area contributed by atoms with Crippen molar-refractivity contribution in [2.45, 2.75) is 43.1 Å². The maximum atomic E-state index is 13.2. The quantitative estimate of drug-likeness (QED) is 0.207. The van der Waals surface area contributed by atoms with Crippen LogP contribution in [0.15, 0.2) is 94.6 Å². The van der Waals surface area contributed by atoms with Gasteiger partial charge in [0, 0.05) is 18.2 Å². The molecule has 254 valence electrons. The summed E-state index contributed by atoms with van der Waals surface area (Å²) in [6.45, 7) is 0.200. The Kier molecular flexibility index (Phi) is 9.80. The van der Waals surface area contributed by atoms with E-state index in [0.29, 0.717) is 28.2 Å². The van der Waals surface area contributed by atoms with E-state index in [1.54, 1.807) is 29.6 Å². The number of amides is 1. The number of aromatic amines is 1. The molecule has 3 atom stereocenters. The number of nitrogens with zero attached hydrogens (tertiary/aromatic N) is 1. The number of aromatic nitrogens is 2. The van der Waals surface area contributed by atoms with E-state index < -0.39 is 59.8 Å². The predicted octanol–water partition coefficient (Wildman–Crippen LogP) is 3.35. The molecule has 1 unspecified atom stereocenters. The maximum Gasteiger partial charge on any atom is 0.471 e. The van der Waals surface area contributed by atoms with Gasteiger partial charge in [0.05, 0.1) is 33.5 Å². The summed E-state index contributed by atoms with van der Waals surface area (Å²) in [5.41, 5.74) is -2.97. The summed E-state index contributed by atoms with van der Waals surface area (Å²) in [6, 6.07) is 23.6. The number of aliphatic hydroxyl groups is 1. The third-order valence-electron chi connectivity index (χ3n) is 8.31. The minimum atomic E-state index is -5.22. The van der Waals surface area contributed by atoms with E-state index in [1.165, 1.54) is 21.1 Å². The third-order valence-corrected chi connectivity index (χ3v) is 8.31. The molecule has 0 bridgehead atoms. The Balaban J connectivity index is 1.58. The number of hydrogen-bond donors (Lipinski definition) is 3. The molecule has 1 aromatic heterocycles. The summed E-state index contributed by atoms with van der Waals surface area (Å²) >= 11 is 0. The zero-order chi connectivity index (χ0) is 34.7. The number of hydrogen-bond acceptors (Lipinski definition) is 8. The Morgan fingerprint density at radius 2 is 1.50 bits per heavy atom. The lowest BCUT2D eigenvalue weighted by Crippen LogP contribution is -2.53. The summed E-state index contributed by atoms with van der Waals surface area (Å²) < 4.78 is 64.1. The standard InChI is InChI=1S/C34H34F3N3O8/c1-21-18-40(31(44)39-29(21)42)32(20-38-30(43)34(35,36)37)17-27(41)28(48-32)19-47-33(22-7-5-4-6-8-22,23-9-13-25(45-2)14-10-23)24-11-15-26(46-3)16-12-24/h4-16,18,27-28,41H,17,19-20H2,1-3H3,(H,38,43)(H,39,42,44)/t27?,28-,32+/m1/s1. The van der Waals surface area contributed by atoms with Gasteiger partial charge in [0.1, 0.15) is 23.2 Å². The Labute approximate surface area is 272 Å². The number of aliphatic hydroxyl groups excluding tert-OH is 1. The minimum absolute atomic E-state index is 0.0519. The molecule has 1 aliphatic heterocycles. The van der Waals surface area contributed by atoms with E-state index in [1.807, 2.05) is 54.6 Å². The first-order chi connectivity index (χ1) is 22.8. The van der Waals surface area contributed by atoms with E-state index >= 15 is 0 Å². The van der Waals surface area contributed by atoms with Crippen molar-refractivity contribution in [1.82, 2.24) is 14.9 Å². The molecule has 0 saturated carbocycles. The van der Waals surface area contributed by atoms with Gasteiger partial charge in [-0.15, -0.1) is 0 Å². The summed E-state index contributed by atoms with van der Waals surface area (Å²) in [5.74, 6) is -1.08. The monoisotopic (exact) mass is 669 g/mol. The topological polar surface area (TPSA) is 141 Å². The largest absolute Gasteiger partial charge is 0.497 e. The van der Waals surface area contributed by atoms with Crippen molar-refractivity contribution in [3.8, 4) is 11.5 Å². The van der Waals surface area contributed by atoms with Gasteiger partial charge >= 0.3 is 17.8 Å². The highest BCUT2D eigenvalue weighted by Crippen LogP contribution is 2.43. The first-order valence-corrected chi connectivity index (χ1v) is 14.9. The van der Waals surface area contributed by atoms with Gasteiger partial charge in [-0.05, 0) is 47.9 Å². The Morgan fingerprint density at radius 1 is 0.958 bits per heavy atom. The van der Waals surface area contributed by atoms with Gasteiger partial charge < -0.3 is 29.4 Å². The van der Waals surface area contributed by atoms with Crippen LogP contribution in [0.4, 0.5) is 13.2 Å². The van der Waals surface area contributed by atoms with Crippen molar-refractivity contribution < 1.29 is 42.0 Å². The second kappa shape index (κ2) is 13.7. The predicted molar refractivity (Wildman–Crippen MR) is 167 cm³/mol. The molecule has 1 aliphatic rings. The molecule has 0 spiro atoms. The van der Waals surface area contributed by atoms with Gasteiger partial charge in [-0.25, -0.2) is 4.79 Å². The molecule has 3 aromatic carbocycles. The molecule has 11 nitrogen and oxygen atoms in total. The van der Waals surface area contributed by atoms with Crippen LogP contribution in [0.5, 0.6) is 11.5 Å². The number of halogens is 3. The van der Waals surface area contributed by atoms with Gasteiger partial charge in [0.2, 0.25) is 0 Å². The fourth-order valence-electron chi connectivity index (χ4n) is 5.84. The van der Waals surface area contributed by atoms with Gasteiger partial charge in [-0.2, -0.15) is 13.2 Å². The number of rotatable bonds is 11. The third kappa shape index (κ3) is 6.72. The van der Waals surface area contributed by atoms with Crippen LogP contribution in [0.25, 0.3) is 0 Å². The number of alkyl halides is 3. The van der Waals surface area contributed by atoms with Crippen LogP contribution in [0.3, 0.4) is 0 Å². The number of nitrogens with one attached hydrogen (secondary N) is 2. The van der Waals surface area contributed by atoms with Gasteiger partial charge in [-0.1, -0.05) is 54.6 Å². The molecule has 4 aromatic rings. The van der Waals surface area contributed by atoms with E-state index in [9.17, 15) is 32.7 Å². The van der Waals surface area contributed by atoms with Crippen LogP contribution in [-0.4, -0.2) is 66.3 Å². The molecule has 2 heterocycles. The number of H-pyrrole nitrogens is 1. The van der Waals surface area contributed by atoms with E-state index in [-0.39, 0.29) is 12.2 Å². The van der Waals surface area contributed by atoms with E-state index in [0.717, 1.165) is 10.8 Å². The zero-order valence-corrected chi connectivity index (χ0v) is 26.2. The first-order valence-electron chi connectivity index (χ1n) is 14.9. The number of carbonyl (C=O) groups excluding carboxylic acids is 1. The van der Waals surface area contributed by atoms with Crippen LogP contribution in [0, 0.1) is 6.92 Å². The van der Waals surface area contributed by atoms with Crippen LogP contribution in [0.2, 0.25) is 0 Å². The van der Waals surface area contributed by atoms with E-state index in [4.69, 9.17) is 18.9 Å². The molecule has 48 heavy (non-hydrogen) atoms. The number of ether oxygens (including phenoxy) is 4. The van der Waals surface area contributed by atoms with Crippen LogP contribution in [0.1, 0.15) is 28.7 Å². The van der Waals surface area contributed by atoms with Crippen LogP contribution < -0.4 is 26.0 Å². The first kappa shape index (κ1) is 34.4. The molecule has 1 amide bonds. The molecule has 1 fully saturated rings. The lowest BCUT2D eigenvalue weighted by molar-refractivity contribution is -0.177. The molecular formula is C34H34F3N3O8. The van der Waals surface area contributed by atoms with Crippen LogP contribution in [-0.2, 0) is 25.6 Å².